The minimum absolute atomic E-state index is 0.342. The Bertz CT molecular complexity index is 513. The maximum Gasteiger partial charge on any atom is 0.125 e. The summed E-state index contributed by atoms with van der Waals surface area (Å²) in [6.07, 6.45) is 0. The topological polar surface area (TPSA) is 28.7 Å². The second-order valence-corrected chi connectivity index (χ2v) is 3.84. The maximum absolute atomic E-state index is 13.0. The fourth-order valence-corrected chi connectivity index (χ4v) is 1.54. The highest BCUT2D eigenvalue weighted by atomic mass is 35.5. The van der Waals surface area contributed by atoms with Crippen LogP contribution < -0.4 is 0 Å². The lowest BCUT2D eigenvalue weighted by molar-refractivity contribution is 0.628. The minimum atomic E-state index is -0.387. The van der Waals surface area contributed by atoms with Gasteiger partial charge in [0.1, 0.15) is 10.5 Å². The molecular weight excluding hydrogens is 235 g/mol. The third-order valence-corrected chi connectivity index (χ3v) is 2.28. The monoisotopic (exact) mass is 240 g/mol. The average molecular weight is 241 g/mol. The highest BCUT2D eigenvalue weighted by Crippen LogP contribution is 2.21. The van der Waals surface area contributed by atoms with Gasteiger partial charge in [-0.25, -0.2) is 4.39 Å². The number of hydrogen-bond acceptors (Lipinski definition) is 2. The van der Waals surface area contributed by atoms with E-state index >= 15 is 0 Å². The van der Waals surface area contributed by atoms with Crippen LogP contribution in [0, 0.1) is 10.5 Å². The van der Waals surface area contributed by atoms with E-state index < -0.39 is 0 Å². The van der Waals surface area contributed by atoms with Crippen LogP contribution in [0.1, 0.15) is 0 Å². The van der Waals surface area contributed by atoms with Crippen molar-refractivity contribution in [3.8, 4) is 11.3 Å². The standard InChI is InChI=1S/C10H6ClFN2S/c11-7-3-6(4-8(12)5-7)9-1-2-10(15)14-13-9/h1-5H,(H,14,15). The number of H-pyrrole nitrogens is 1. The second kappa shape index (κ2) is 4.08. The summed E-state index contributed by atoms with van der Waals surface area (Å²) >= 11 is 10.6. The fraction of sp³-hybridized carbons (Fsp3) is 0. The van der Waals surface area contributed by atoms with E-state index in [0.717, 1.165) is 0 Å². The molecule has 0 atom stereocenters. The summed E-state index contributed by atoms with van der Waals surface area (Å²) in [5.41, 5.74) is 1.22. The van der Waals surface area contributed by atoms with E-state index in [1.54, 1.807) is 18.2 Å². The van der Waals surface area contributed by atoms with Gasteiger partial charge >= 0.3 is 0 Å². The van der Waals surface area contributed by atoms with E-state index in [9.17, 15) is 4.39 Å². The first kappa shape index (κ1) is 10.3. The van der Waals surface area contributed by atoms with Crippen molar-refractivity contribution < 1.29 is 4.39 Å². The number of halogens is 2. The van der Waals surface area contributed by atoms with Gasteiger partial charge in [0.05, 0.1) is 5.69 Å². The predicted octanol–water partition coefficient (Wildman–Crippen LogP) is 3.60. The van der Waals surface area contributed by atoms with Crippen LogP contribution >= 0.6 is 23.8 Å². The molecule has 2 rings (SSSR count). The number of nitrogens with zero attached hydrogens (tertiary/aromatic N) is 1. The molecule has 5 heteroatoms. The van der Waals surface area contributed by atoms with Crippen molar-refractivity contribution >= 4 is 23.8 Å². The van der Waals surface area contributed by atoms with Crippen molar-refractivity contribution in [2.45, 2.75) is 0 Å². The zero-order chi connectivity index (χ0) is 10.8. The Kier molecular flexibility index (Phi) is 2.79. The summed E-state index contributed by atoms with van der Waals surface area (Å²) in [6.45, 7) is 0. The van der Waals surface area contributed by atoms with E-state index in [4.69, 9.17) is 23.8 Å². The van der Waals surface area contributed by atoms with Crippen molar-refractivity contribution in [3.63, 3.8) is 0 Å². The number of hydrogen-bond donors (Lipinski definition) is 1. The van der Waals surface area contributed by atoms with Crippen LogP contribution in [0.25, 0.3) is 11.3 Å². The Labute approximate surface area is 95.7 Å². The number of benzene rings is 1. The number of nitrogens with one attached hydrogen (secondary N) is 1. The van der Waals surface area contributed by atoms with Gasteiger partial charge in [0.2, 0.25) is 0 Å². The zero-order valence-corrected chi connectivity index (χ0v) is 9.07. The Hall–Kier alpha value is -1.26. The molecule has 0 fully saturated rings. The molecular formula is C10H6ClFN2S. The maximum atomic E-state index is 13.0. The number of aromatic amines is 1. The van der Waals surface area contributed by atoms with E-state index in [0.29, 0.717) is 20.9 Å². The molecule has 0 aliphatic carbocycles. The zero-order valence-electron chi connectivity index (χ0n) is 7.50. The van der Waals surface area contributed by atoms with Crippen LogP contribution in [0.4, 0.5) is 4.39 Å². The van der Waals surface area contributed by atoms with Crippen LogP contribution in [0.2, 0.25) is 5.02 Å². The second-order valence-electron chi connectivity index (χ2n) is 2.96. The molecule has 0 spiro atoms. The summed E-state index contributed by atoms with van der Waals surface area (Å²) < 4.78 is 13.6. The van der Waals surface area contributed by atoms with Gasteiger partial charge in [-0.05, 0) is 30.3 Å². The molecule has 0 saturated heterocycles. The Balaban J connectivity index is 2.53. The first-order chi connectivity index (χ1) is 7.15. The minimum Gasteiger partial charge on any atom is -0.267 e. The van der Waals surface area contributed by atoms with E-state index in [1.807, 2.05) is 0 Å². The highest BCUT2D eigenvalue weighted by Gasteiger charge is 2.02. The van der Waals surface area contributed by atoms with Crippen LogP contribution in [0.5, 0.6) is 0 Å². The van der Waals surface area contributed by atoms with Crippen molar-refractivity contribution in [2.24, 2.45) is 0 Å². The van der Waals surface area contributed by atoms with Gasteiger partial charge in [0.25, 0.3) is 0 Å². The van der Waals surface area contributed by atoms with Crippen molar-refractivity contribution in [1.29, 1.82) is 0 Å². The molecule has 1 aromatic carbocycles. The molecule has 0 aliphatic heterocycles. The summed E-state index contributed by atoms with van der Waals surface area (Å²) in [6, 6.07) is 7.66. The first-order valence-corrected chi connectivity index (χ1v) is 4.96. The van der Waals surface area contributed by atoms with Crippen molar-refractivity contribution in [2.75, 3.05) is 0 Å². The van der Waals surface area contributed by atoms with Crippen LogP contribution in [-0.2, 0) is 0 Å². The lowest BCUT2D eigenvalue weighted by atomic mass is 10.1. The first-order valence-electron chi connectivity index (χ1n) is 4.17. The molecule has 0 unspecified atom stereocenters. The Morgan fingerprint density at radius 2 is 2.07 bits per heavy atom. The molecule has 0 aliphatic rings. The van der Waals surface area contributed by atoms with Gasteiger partial charge in [-0.15, -0.1) is 0 Å². The van der Waals surface area contributed by atoms with Gasteiger partial charge in [0.15, 0.2) is 0 Å². The molecule has 0 amide bonds. The largest absolute Gasteiger partial charge is 0.267 e. The van der Waals surface area contributed by atoms with Crippen molar-refractivity contribution in [1.82, 2.24) is 10.2 Å². The molecule has 0 radical (unpaired) electrons. The molecule has 2 aromatic rings. The van der Waals surface area contributed by atoms with Gasteiger partial charge in [-0.3, -0.25) is 5.10 Å². The molecule has 1 N–H and O–H groups in total. The third kappa shape index (κ3) is 2.40. The summed E-state index contributed by atoms with van der Waals surface area (Å²) in [5, 5.41) is 6.95. The number of aromatic nitrogens is 2. The fourth-order valence-electron chi connectivity index (χ4n) is 1.21. The quantitative estimate of drug-likeness (QED) is 0.772. The van der Waals surface area contributed by atoms with E-state index in [-0.39, 0.29) is 5.82 Å². The summed E-state index contributed by atoms with van der Waals surface area (Å²) in [4.78, 5) is 0. The Morgan fingerprint density at radius 1 is 1.27 bits per heavy atom. The predicted molar refractivity (Wildman–Crippen MR) is 59.8 cm³/mol. The van der Waals surface area contributed by atoms with Gasteiger partial charge in [-0.1, -0.05) is 23.8 Å². The smallest absolute Gasteiger partial charge is 0.125 e. The van der Waals surface area contributed by atoms with E-state index in [2.05, 4.69) is 10.2 Å². The SMILES string of the molecule is Fc1cc(Cl)cc(-c2ccc(=S)[nH]n2)c1. The number of rotatable bonds is 1. The van der Waals surface area contributed by atoms with Crippen molar-refractivity contribution in [3.05, 3.63) is 45.8 Å². The lowest BCUT2D eigenvalue weighted by Crippen LogP contribution is -1.88. The summed E-state index contributed by atoms with van der Waals surface area (Å²) in [5.74, 6) is -0.387. The molecule has 15 heavy (non-hydrogen) atoms. The molecule has 1 heterocycles. The third-order valence-electron chi connectivity index (χ3n) is 1.84. The van der Waals surface area contributed by atoms with Crippen LogP contribution in [-0.4, -0.2) is 10.2 Å². The van der Waals surface area contributed by atoms with E-state index in [1.165, 1.54) is 12.1 Å². The van der Waals surface area contributed by atoms with Gasteiger partial charge in [0, 0.05) is 10.6 Å². The summed E-state index contributed by atoms with van der Waals surface area (Å²) in [7, 11) is 0. The van der Waals surface area contributed by atoms with Crippen LogP contribution in [0.15, 0.2) is 30.3 Å². The Morgan fingerprint density at radius 3 is 2.67 bits per heavy atom. The lowest BCUT2D eigenvalue weighted by Gasteiger charge is -2.00. The average Bonchev–Trinajstić information content (AvgIpc) is 2.17. The molecule has 76 valence electrons. The van der Waals surface area contributed by atoms with Crippen LogP contribution in [0.3, 0.4) is 0 Å². The molecule has 2 nitrogen and oxygen atoms in total. The molecule has 0 bridgehead atoms. The van der Waals surface area contributed by atoms with Gasteiger partial charge in [-0.2, -0.15) is 5.10 Å². The highest BCUT2D eigenvalue weighted by molar-refractivity contribution is 7.71. The molecule has 0 saturated carbocycles. The normalized spacial score (nSPS) is 10.3. The molecule has 1 aromatic heterocycles. The van der Waals surface area contributed by atoms with Gasteiger partial charge < -0.3 is 0 Å².